The van der Waals surface area contributed by atoms with Gasteiger partial charge < -0.3 is 5.32 Å². The number of anilines is 1. The first-order valence-electron chi connectivity index (χ1n) is 5.84. The maximum absolute atomic E-state index is 8.83. The molecule has 0 atom stereocenters. The second-order valence-corrected chi connectivity index (χ2v) is 4.01. The van der Waals surface area contributed by atoms with Gasteiger partial charge in [-0.05, 0) is 31.4 Å². The summed E-state index contributed by atoms with van der Waals surface area (Å²) in [6, 6.07) is 5.65. The molecular weight excluding hydrogens is 198 g/mol. The normalized spacial score (nSPS) is 10.9. The van der Waals surface area contributed by atoms with Gasteiger partial charge in [-0.2, -0.15) is 5.26 Å². The number of rotatable bonds is 5. The lowest BCUT2D eigenvalue weighted by Gasteiger charge is -2.32. The van der Waals surface area contributed by atoms with Gasteiger partial charge in [0, 0.05) is 11.7 Å². The minimum Gasteiger partial charge on any atom is -0.365 e. The first-order valence-corrected chi connectivity index (χ1v) is 5.84. The Bertz CT molecular complexity index is 367. The summed E-state index contributed by atoms with van der Waals surface area (Å²) in [5, 5.41) is 12.3. The highest BCUT2D eigenvalue weighted by Crippen LogP contribution is 2.24. The Morgan fingerprint density at radius 3 is 2.44 bits per heavy atom. The maximum atomic E-state index is 8.83. The van der Waals surface area contributed by atoms with E-state index in [2.05, 4.69) is 37.1 Å². The van der Waals surface area contributed by atoms with E-state index in [4.69, 9.17) is 5.26 Å². The number of aromatic nitrogens is 1. The molecule has 0 spiro atoms. The van der Waals surface area contributed by atoms with E-state index in [0.717, 1.165) is 25.1 Å². The average Bonchev–Trinajstić information content (AvgIpc) is 2.36. The summed E-state index contributed by atoms with van der Waals surface area (Å²) in [7, 11) is 0. The van der Waals surface area contributed by atoms with Crippen molar-refractivity contribution < 1.29 is 0 Å². The molecule has 86 valence electrons. The summed E-state index contributed by atoms with van der Waals surface area (Å²) in [5.41, 5.74) is 0.746. The van der Waals surface area contributed by atoms with Crippen molar-refractivity contribution in [3.63, 3.8) is 0 Å². The molecule has 0 amide bonds. The van der Waals surface area contributed by atoms with Crippen LogP contribution in [0.15, 0.2) is 18.3 Å². The van der Waals surface area contributed by atoms with Gasteiger partial charge in [0.15, 0.2) is 0 Å². The minimum absolute atomic E-state index is 0.0983. The van der Waals surface area contributed by atoms with Gasteiger partial charge in [0.1, 0.15) is 5.82 Å². The Morgan fingerprint density at radius 1 is 1.31 bits per heavy atom. The number of nitrogens with zero attached hydrogens (tertiary/aromatic N) is 2. The molecule has 1 N–H and O–H groups in total. The number of pyridine rings is 1. The molecule has 0 saturated carbocycles. The third kappa shape index (κ3) is 2.73. The van der Waals surface area contributed by atoms with E-state index >= 15 is 0 Å². The van der Waals surface area contributed by atoms with E-state index in [1.54, 1.807) is 18.3 Å². The van der Waals surface area contributed by atoms with Crippen LogP contribution in [0.5, 0.6) is 0 Å². The third-order valence-corrected chi connectivity index (χ3v) is 3.31. The van der Waals surface area contributed by atoms with Crippen molar-refractivity contribution in [2.24, 2.45) is 0 Å². The first-order chi connectivity index (χ1) is 7.69. The Balaban J connectivity index is 2.90. The molecule has 3 nitrogen and oxygen atoms in total. The summed E-state index contributed by atoms with van der Waals surface area (Å²) in [4.78, 5) is 4.25. The van der Waals surface area contributed by atoms with Gasteiger partial charge in [-0.15, -0.1) is 0 Å². The lowest BCUT2D eigenvalue weighted by molar-refractivity contribution is 0.419. The van der Waals surface area contributed by atoms with Crippen molar-refractivity contribution in [1.82, 2.24) is 4.98 Å². The molecule has 16 heavy (non-hydrogen) atoms. The lowest BCUT2D eigenvalue weighted by atomic mass is 9.90. The van der Waals surface area contributed by atoms with Gasteiger partial charge in [0.2, 0.25) is 0 Å². The zero-order valence-electron chi connectivity index (χ0n) is 10.2. The molecule has 1 aromatic heterocycles. The quantitative estimate of drug-likeness (QED) is 0.823. The average molecular weight is 217 g/mol. The standard InChI is InChI=1S/C13H19N3/c1-4-13(5-2,6-3)16-12-9-11(10-14)7-8-15-12/h7-9H,4-6H2,1-3H3,(H,15,16). The van der Waals surface area contributed by atoms with E-state index in [1.165, 1.54) is 0 Å². The van der Waals surface area contributed by atoms with E-state index in [1.807, 2.05) is 0 Å². The maximum Gasteiger partial charge on any atom is 0.127 e. The van der Waals surface area contributed by atoms with Crippen LogP contribution in [0.2, 0.25) is 0 Å². The van der Waals surface area contributed by atoms with Crippen LogP contribution < -0.4 is 5.32 Å². The number of hydrogen-bond donors (Lipinski definition) is 1. The largest absolute Gasteiger partial charge is 0.365 e. The van der Waals surface area contributed by atoms with Gasteiger partial charge in [0.05, 0.1) is 11.6 Å². The summed E-state index contributed by atoms with van der Waals surface area (Å²) >= 11 is 0. The minimum atomic E-state index is 0.0983. The van der Waals surface area contributed by atoms with Crippen molar-refractivity contribution >= 4 is 5.82 Å². The number of nitrogens with one attached hydrogen (secondary N) is 1. The second kappa shape index (κ2) is 5.50. The van der Waals surface area contributed by atoms with Crippen molar-refractivity contribution in [1.29, 1.82) is 5.26 Å². The predicted molar refractivity (Wildman–Crippen MR) is 66.2 cm³/mol. The summed E-state index contributed by atoms with van der Waals surface area (Å²) in [6.07, 6.45) is 4.84. The van der Waals surface area contributed by atoms with E-state index in [0.29, 0.717) is 5.56 Å². The molecule has 3 heteroatoms. The van der Waals surface area contributed by atoms with Crippen molar-refractivity contribution in [3.05, 3.63) is 23.9 Å². The van der Waals surface area contributed by atoms with Crippen LogP contribution >= 0.6 is 0 Å². The fraction of sp³-hybridized carbons (Fsp3) is 0.538. The van der Waals surface area contributed by atoms with E-state index in [9.17, 15) is 0 Å². The van der Waals surface area contributed by atoms with Gasteiger partial charge in [-0.25, -0.2) is 4.98 Å². The topological polar surface area (TPSA) is 48.7 Å². The molecule has 0 aromatic carbocycles. The molecule has 0 aliphatic carbocycles. The molecule has 0 radical (unpaired) electrons. The van der Waals surface area contributed by atoms with Gasteiger partial charge >= 0.3 is 0 Å². The SMILES string of the molecule is CCC(CC)(CC)Nc1cc(C#N)ccn1. The fourth-order valence-electron chi connectivity index (χ4n) is 1.86. The summed E-state index contributed by atoms with van der Waals surface area (Å²) in [5.74, 6) is 0.796. The first kappa shape index (κ1) is 12.5. The fourth-order valence-corrected chi connectivity index (χ4v) is 1.86. The molecule has 1 rings (SSSR count). The molecule has 0 saturated heterocycles. The zero-order valence-corrected chi connectivity index (χ0v) is 10.2. The van der Waals surface area contributed by atoms with Crippen LogP contribution in [-0.4, -0.2) is 10.5 Å². The van der Waals surface area contributed by atoms with Crippen LogP contribution in [0.1, 0.15) is 45.6 Å². The molecule has 1 aromatic rings. The van der Waals surface area contributed by atoms with Crippen LogP contribution in [0.3, 0.4) is 0 Å². The van der Waals surface area contributed by atoms with Crippen molar-refractivity contribution in [2.75, 3.05) is 5.32 Å². The van der Waals surface area contributed by atoms with E-state index in [-0.39, 0.29) is 5.54 Å². The molecule has 0 bridgehead atoms. The monoisotopic (exact) mass is 217 g/mol. The Labute approximate surface area is 97.5 Å². The second-order valence-electron chi connectivity index (χ2n) is 4.01. The molecule has 1 heterocycles. The highest BCUT2D eigenvalue weighted by atomic mass is 15.0. The molecular formula is C13H19N3. The Hall–Kier alpha value is -1.56. The predicted octanol–water partition coefficient (Wildman–Crippen LogP) is 3.33. The van der Waals surface area contributed by atoms with Crippen LogP contribution in [0.25, 0.3) is 0 Å². The molecule has 0 unspecified atom stereocenters. The van der Waals surface area contributed by atoms with Crippen LogP contribution in [-0.2, 0) is 0 Å². The lowest BCUT2D eigenvalue weighted by Crippen LogP contribution is -2.36. The Kier molecular flexibility index (Phi) is 4.30. The Morgan fingerprint density at radius 2 is 1.94 bits per heavy atom. The van der Waals surface area contributed by atoms with Gasteiger partial charge in [-0.3, -0.25) is 0 Å². The van der Waals surface area contributed by atoms with E-state index < -0.39 is 0 Å². The zero-order chi connectivity index (χ0) is 12.0. The van der Waals surface area contributed by atoms with Crippen LogP contribution in [0.4, 0.5) is 5.82 Å². The summed E-state index contributed by atoms with van der Waals surface area (Å²) in [6.45, 7) is 6.52. The van der Waals surface area contributed by atoms with Gasteiger partial charge in [-0.1, -0.05) is 20.8 Å². The van der Waals surface area contributed by atoms with Crippen molar-refractivity contribution in [3.8, 4) is 6.07 Å². The molecule has 0 fully saturated rings. The summed E-state index contributed by atoms with van der Waals surface area (Å²) < 4.78 is 0. The molecule has 0 aliphatic heterocycles. The van der Waals surface area contributed by atoms with Gasteiger partial charge in [0.25, 0.3) is 0 Å². The van der Waals surface area contributed by atoms with Crippen molar-refractivity contribution in [2.45, 2.75) is 45.6 Å². The highest BCUT2D eigenvalue weighted by Gasteiger charge is 2.23. The number of nitriles is 1. The van der Waals surface area contributed by atoms with Crippen LogP contribution in [0, 0.1) is 11.3 Å². The highest BCUT2D eigenvalue weighted by molar-refractivity contribution is 5.44. The molecule has 0 aliphatic rings. The smallest absolute Gasteiger partial charge is 0.127 e. The number of hydrogen-bond acceptors (Lipinski definition) is 3. The third-order valence-electron chi connectivity index (χ3n) is 3.31.